The van der Waals surface area contributed by atoms with Crippen molar-refractivity contribution in [2.24, 2.45) is 0 Å². The number of aromatic nitrogens is 2. The van der Waals surface area contributed by atoms with E-state index in [0.717, 1.165) is 6.07 Å². The zero-order valence-electron chi connectivity index (χ0n) is 14.1. The Bertz CT molecular complexity index is 1040. The molecule has 0 unspecified atom stereocenters. The molecule has 2 heterocycles. The number of anilines is 2. The normalized spacial score (nSPS) is 12.2. The van der Waals surface area contributed by atoms with Gasteiger partial charge >= 0.3 is 12.4 Å². The van der Waals surface area contributed by atoms with Gasteiger partial charge in [0.1, 0.15) is 11.5 Å². The molecule has 2 aromatic heterocycles. The number of hydrogen-bond acceptors (Lipinski definition) is 4. The van der Waals surface area contributed by atoms with Gasteiger partial charge in [-0.3, -0.25) is 4.79 Å². The minimum absolute atomic E-state index is 0.00280. The maximum absolute atomic E-state index is 13.2. The second kappa shape index (κ2) is 6.77. The minimum atomic E-state index is -5.05. The van der Waals surface area contributed by atoms with E-state index in [1.54, 1.807) is 0 Å². The van der Waals surface area contributed by atoms with Crippen LogP contribution in [0, 0.1) is 0 Å². The van der Waals surface area contributed by atoms with E-state index in [1.807, 2.05) is 0 Å². The Kier molecular flexibility index (Phi) is 4.74. The number of alkyl halides is 6. The lowest BCUT2D eigenvalue weighted by Gasteiger charge is -2.14. The number of nitrogens with zero attached hydrogens (tertiary/aromatic N) is 2. The second-order valence-corrected chi connectivity index (χ2v) is 5.88. The minimum Gasteiger partial charge on any atom is -0.340 e. The fourth-order valence-electron chi connectivity index (χ4n) is 2.49. The molecule has 1 aromatic carbocycles. The van der Waals surface area contributed by atoms with Crippen molar-refractivity contribution in [2.75, 3.05) is 5.32 Å². The van der Waals surface area contributed by atoms with Crippen LogP contribution in [0.15, 0.2) is 42.5 Å². The van der Waals surface area contributed by atoms with Crippen molar-refractivity contribution in [3.8, 4) is 0 Å². The van der Waals surface area contributed by atoms with E-state index in [9.17, 15) is 31.1 Å². The molecule has 0 spiro atoms. The van der Waals surface area contributed by atoms with Crippen LogP contribution < -0.4 is 5.32 Å². The Morgan fingerprint density at radius 3 is 2.07 bits per heavy atom. The fourth-order valence-corrected chi connectivity index (χ4v) is 2.49. The number of nitrogens with one attached hydrogen (secondary N) is 1. The predicted octanol–water partition coefficient (Wildman–Crippen LogP) is 5.61. The molecule has 28 heavy (non-hydrogen) atoms. The van der Waals surface area contributed by atoms with Crippen LogP contribution in [0.4, 0.5) is 37.8 Å². The first kappa shape index (κ1) is 19.6. The molecule has 10 heteroatoms. The van der Waals surface area contributed by atoms with Crippen molar-refractivity contribution in [1.29, 1.82) is 0 Å². The average molecular weight is 399 g/mol. The quantitative estimate of drug-likeness (QED) is 0.459. The molecule has 0 aliphatic heterocycles. The van der Waals surface area contributed by atoms with Crippen molar-refractivity contribution in [1.82, 2.24) is 9.97 Å². The third-order valence-electron chi connectivity index (χ3n) is 3.83. The molecule has 0 fully saturated rings. The van der Waals surface area contributed by atoms with Crippen molar-refractivity contribution < 1.29 is 31.1 Å². The van der Waals surface area contributed by atoms with Crippen LogP contribution in [-0.4, -0.2) is 15.8 Å². The molecule has 3 aromatic rings. The lowest BCUT2D eigenvalue weighted by molar-refractivity contribution is -0.144. The first-order chi connectivity index (χ1) is 12.9. The highest BCUT2D eigenvalue weighted by Gasteiger charge is 2.39. The molecule has 3 rings (SSSR count). The summed E-state index contributed by atoms with van der Waals surface area (Å²) < 4.78 is 78.3. The maximum atomic E-state index is 13.2. The molecule has 0 bridgehead atoms. The van der Waals surface area contributed by atoms with E-state index in [0.29, 0.717) is 11.3 Å². The number of Topliss-reactive ketones (excluding diaryl/α,β-unsaturated/α-hetero) is 1. The van der Waals surface area contributed by atoms with Gasteiger partial charge in [-0.25, -0.2) is 9.97 Å². The van der Waals surface area contributed by atoms with Gasteiger partial charge in [0.2, 0.25) is 0 Å². The first-order valence-electron chi connectivity index (χ1n) is 7.79. The molecule has 4 nitrogen and oxygen atoms in total. The van der Waals surface area contributed by atoms with Gasteiger partial charge in [0.05, 0.1) is 5.56 Å². The van der Waals surface area contributed by atoms with Crippen molar-refractivity contribution in [2.45, 2.75) is 19.3 Å². The Hall–Kier alpha value is -3.17. The van der Waals surface area contributed by atoms with Crippen LogP contribution in [0.5, 0.6) is 0 Å². The van der Waals surface area contributed by atoms with E-state index in [2.05, 4.69) is 15.3 Å². The molecule has 0 aliphatic carbocycles. The summed E-state index contributed by atoms with van der Waals surface area (Å²) in [7, 11) is 0. The van der Waals surface area contributed by atoms with E-state index >= 15 is 0 Å². The highest BCUT2D eigenvalue weighted by Crippen LogP contribution is 2.38. The maximum Gasteiger partial charge on any atom is 0.433 e. The van der Waals surface area contributed by atoms with Gasteiger partial charge in [-0.05, 0) is 49.4 Å². The zero-order valence-corrected chi connectivity index (χ0v) is 14.1. The molecular weight excluding hydrogens is 388 g/mol. The fraction of sp³-hybridized carbons (Fsp3) is 0.167. The molecule has 0 radical (unpaired) electrons. The number of ketones is 1. The molecule has 0 aliphatic rings. The SMILES string of the molecule is CC(=O)c1ccc(Nc2ccc3c(C(F)(F)F)cc(C(F)(F)F)nc3n2)cc1. The number of halogens is 6. The van der Waals surface area contributed by atoms with E-state index < -0.39 is 34.6 Å². The number of hydrogen-bond donors (Lipinski definition) is 1. The number of fused-ring (bicyclic) bond motifs is 1. The van der Waals surface area contributed by atoms with Gasteiger partial charge < -0.3 is 5.32 Å². The van der Waals surface area contributed by atoms with E-state index in [4.69, 9.17) is 0 Å². The largest absolute Gasteiger partial charge is 0.433 e. The van der Waals surface area contributed by atoms with Crippen LogP contribution >= 0.6 is 0 Å². The van der Waals surface area contributed by atoms with Crippen LogP contribution in [0.25, 0.3) is 11.0 Å². The van der Waals surface area contributed by atoms with Crippen LogP contribution in [0.2, 0.25) is 0 Å². The van der Waals surface area contributed by atoms with Gasteiger partial charge in [-0.2, -0.15) is 26.3 Å². The van der Waals surface area contributed by atoms with Crippen molar-refractivity contribution >= 4 is 28.3 Å². The summed E-state index contributed by atoms with van der Waals surface area (Å²) in [4.78, 5) is 18.3. The van der Waals surface area contributed by atoms with Crippen LogP contribution in [0.3, 0.4) is 0 Å². The number of carbonyl (C=O) groups is 1. The van der Waals surface area contributed by atoms with Gasteiger partial charge in [-0.1, -0.05) is 0 Å². The molecule has 1 N–H and O–H groups in total. The van der Waals surface area contributed by atoms with Gasteiger partial charge in [-0.15, -0.1) is 0 Å². The molecule has 0 atom stereocenters. The molecular formula is C18H11F6N3O. The lowest BCUT2D eigenvalue weighted by Crippen LogP contribution is -2.14. The summed E-state index contributed by atoms with van der Waals surface area (Å²) in [5.74, 6) is -0.151. The summed E-state index contributed by atoms with van der Waals surface area (Å²) >= 11 is 0. The van der Waals surface area contributed by atoms with Crippen LogP contribution in [0.1, 0.15) is 28.5 Å². The summed E-state index contributed by atoms with van der Waals surface area (Å²) in [6.45, 7) is 1.38. The topological polar surface area (TPSA) is 54.9 Å². The van der Waals surface area contributed by atoms with E-state index in [1.165, 1.54) is 37.3 Å². The smallest absolute Gasteiger partial charge is 0.340 e. The third kappa shape index (κ3) is 4.05. The van der Waals surface area contributed by atoms with Gasteiger partial charge in [0.25, 0.3) is 0 Å². The molecule has 0 saturated carbocycles. The summed E-state index contributed by atoms with van der Waals surface area (Å²) in [6, 6.07) is 8.28. The number of benzene rings is 1. The third-order valence-corrected chi connectivity index (χ3v) is 3.83. The number of carbonyl (C=O) groups excluding carboxylic acids is 1. The highest BCUT2D eigenvalue weighted by molar-refractivity contribution is 5.94. The predicted molar refractivity (Wildman–Crippen MR) is 89.3 cm³/mol. The van der Waals surface area contributed by atoms with Gasteiger partial charge in [0, 0.05) is 16.6 Å². The molecule has 0 amide bonds. The Balaban J connectivity index is 2.05. The van der Waals surface area contributed by atoms with E-state index in [-0.39, 0.29) is 17.7 Å². The highest BCUT2D eigenvalue weighted by atomic mass is 19.4. The monoisotopic (exact) mass is 399 g/mol. The number of pyridine rings is 2. The zero-order chi connectivity index (χ0) is 20.7. The number of rotatable bonds is 3. The van der Waals surface area contributed by atoms with Crippen LogP contribution in [-0.2, 0) is 12.4 Å². The van der Waals surface area contributed by atoms with Crippen molar-refractivity contribution in [3.05, 3.63) is 59.3 Å². The summed E-state index contributed by atoms with van der Waals surface area (Å²) in [5, 5.41) is 2.21. The Labute approximate surface area is 154 Å². The first-order valence-corrected chi connectivity index (χ1v) is 7.79. The second-order valence-electron chi connectivity index (χ2n) is 5.88. The average Bonchev–Trinajstić information content (AvgIpc) is 2.59. The standard InChI is InChI=1S/C18H11F6N3O/c1-9(28)10-2-4-11(5-3-10)25-15-7-6-12-13(17(19,20)21)8-14(18(22,23)24)26-16(12)27-15/h2-8H,1H3,(H,25,26,27). The van der Waals surface area contributed by atoms with Crippen molar-refractivity contribution in [3.63, 3.8) is 0 Å². The lowest BCUT2D eigenvalue weighted by atomic mass is 10.1. The molecule has 0 saturated heterocycles. The summed E-state index contributed by atoms with van der Waals surface area (Å²) in [5.41, 5.74) is -2.94. The summed E-state index contributed by atoms with van der Waals surface area (Å²) in [6.07, 6.45) is -10.1. The Morgan fingerprint density at radius 1 is 0.893 bits per heavy atom. The Morgan fingerprint density at radius 2 is 1.54 bits per heavy atom. The molecule has 146 valence electrons. The van der Waals surface area contributed by atoms with Gasteiger partial charge in [0.15, 0.2) is 11.4 Å².